The molecule has 11 aromatic carbocycles. The average Bonchev–Trinajstić information content (AvgIpc) is 0.807. The van der Waals surface area contributed by atoms with Gasteiger partial charge in [-0.25, -0.2) is 15.0 Å². The summed E-state index contributed by atoms with van der Waals surface area (Å²) in [5.74, 6) is 1.55. The molecule has 102 heavy (non-hydrogen) atoms. The number of hydrogen-bond donors (Lipinski definition) is 0. The Morgan fingerprint density at radius 1 is 0.196 bits per heavy atom. The molecule has 0 aliphatic heterocycles. The summed E-state index contributed by atoms with van der Waals surface area (Å²) in [6.07, 6.45) is 10.2. The van der Waals surface area contributed by atoms with Crippen LogP contribution in [0.5, 0.6) is 0 Å². The first kappa shape index (κ1) is 95.7. The Kier molecular flexibility index (Phi) is 61.2. The molecule has 0 N–H and O–H groups in total. The average molecular weight is 1370 g/mol. The highest BCUT2D eigenvalue weighted by molar-refractivity contribution is 6.07. The maximum absolute atomic E-state index is 4.18. The molecule has 15 aromatic rings. The lowest BCUT2D eigenvalue weighted by molar-refractivity contribution is 0.920. The van der Waals surface area contributed by atoms with Crippen LogP contribution in [0.1, 0.15) is 173 Å². The molecule has 8 heteroatoms. The normalized spacial score (nSPS) is 8.69. The molecule has 0 amide bonds. The summed E-state index contributed by atoms with van der Waals surface area (Å²) in [5.41, 5.74) is 7.55. The fourth-order valence-corrected chi connectivity index (χ4v) is 8.48. The van der Waals surface area contributed by atoms with E-state index >= 15 is 0 Å². The molecule has 0 bridgehead atoms. The summed E-state index contributed by atoms with van der Waals surface area (Å²) in [7, 11) is 0. The Bertz CT molecular complexity index is 3730. The van der Waals surface area contributed by atoms with Gasteiger partial charge >= 0.3 is 0 Å². The Balaban J connectivity index is -0.00000107. The van der Waals surface area contributed by atoms with E-state index in [0.717, 1.165) is 39.6 Å². The monoisotopic (exact) mass is 1370 g/mol. The predicted octanol–water partition coefficient (Wildman–Crippen LogP) is 28.8. The Morgan fingerprint density at radius 3 is 0.745 bits per heavy atom. The molecule has 8 nitrogen and oxygen atoms in total. The van der Waals surface area contributed by atoms with Crippen LogP contribution in [-0.2, 0) is 0 Å². The number of aryl methyl sites for hydroxylation is 6. The number of rotatable bonds is 0. The minimum atomic E-state index is 0.775. The minimum absolute atomic E-state index is 0.775. The summed E-state index contributed by atoms with van der Waals surface area (Å²) >= 11 is 0. The molecule has 0 saturated heterocycles. The second kappa shape index (κ2) is 65.2. The van der Waals surface area contributed by atoms with E-state index in [9.17, 15) is 0 Å². The minimum Gasteiger partial charge on any atom is -0.258 e. The quantitative estimate of drug-likeness (QED) is 0.109. The smallest absolute Gasteiger partial charge is 0.129 e. The van der Waals surface area contributed by atoms with E-state index in [1.54, 1.807) is 24.8 Å². The van der Waals surface area contributed by atoms with Crippen LogP contribution < -0.4 is 0 Å². The van der Waals surface area contributed by atoms with E-state index in [2.05, 4.69) is 260 Å². The molecule has 0 atom stereocenters. The molecular weight excluding hydrogens is 1240 g/mol. The van der Waals surface area contributed by atoms with Crippen molar-refractivity contribution in [3.63, 3.8) is 0 Å². The maximum atomic E-state index is 4.18. The van der Waals surface area contributed by atoms with Gasteiger partial charge in [0.05, 0.1) is 27.9 Å². The summed E-state index contributed by atoms with van der Waals surface area (Å²) < 4.78 is 0. The lowest BCUT2D eigenvalue weighted by Gasteiger charge is -2.02. The van der Waals surface area contributed by atoms with Gasteiger partial charge in [-0.3, -0.25) is 24.9 Å². The Hall–Kier alpha value is -10.4. The van der Waals surface area contributed by atoms with E-state index in [1.807, 2.05) is 221 Å². The highest BCUT2D eigenvalue weighted by Crippen LogP contribution is 2.25. The molecule has 0 fully saturated rings. The van der Waals surface area contributed by atoms with Crippen LogP contribution in [0.4, 0.5) is 0 Å². The lowest BCUT2D eigenvalue weighted by atomic mass is 10.0. The zero-order valence-corrected chi connectivity index (χ0v) is 67.3. The van der Waals surface area contributed by atoms with E-state index in [0.29, 0.717) is 0 Å². The molecule has 4 heterocycles. The van der Waals surface area contributed by atoms with Crippen LogP contribution in [0.2, 0.25) is 0 Å². The maximum Gasteiger partial charge on any atom is 0.129 e. The number of aromatic nitrogens is 8. The number of pyridine rings is 1. The van der Waals surface area contributed by atoms with E-state index < -0.39 is 0 Å². The highest BCUT2D eigenvalue weighted by Gasteiger charge is 1.99. The summed E-state index contributed by atoms with van der Waals surface area (Å²) in [6.45, 7) is 51.7. The molecule has 0 unspecified atom stereocenters. The van der Waals surface area contributed by atoms with Gasteiger partial charge in [-0.15, -0.1) is 0 Å². The van der Waals surface area contributed by atoms with Crippen molar-refractivity contribution in [2.24, 2.45) is 0 Å². The van der Waals surface area contributed by atoms with Gasteiger partial charge in [0.25, 0.3) is 0 Å². The van der Waals surface area contributed by atoms with Crippen molar-refractivity contribution in [1.29, 1.82) is 0 Å². The zero-order valence-electron chi connectivity index (χ0n) is 67.3. The standard InChI is InChI=1S/2C14H10.C10H8.C9H7N.C8H6N2.C8H10.C6H8N2.C5H7N3.10C2H6/c1-3-7-13-11(5-1)9-10-12-6-2-4-8-14(12)13;1-2-6-12-10-14-8-4-3-7-13(14)9-11(12)5-1;1-2-6-10-8-4-3-7-9(10)5-1;1-2-6-9-8(4-1)5-3-7-10-9;1-2-4-8-7(3-1)9-5-6-10-8;1-7-3-5-8(2)6-4-7;1-5-3-8-6(2)4-7-5;1-4-6-3-7-5(2)8-4;10*1-2/h2*1-10H;1-8H;1-7H;1-6H;3-6H,1-2H3;3-4H,1-2H3;3H,1-2H3;10*1-2H3. The fourth-order valence-electron chi connectivity index (χ4n) is 8.48. The van der Waals surface area contributed by atoms with Crippen LogP contribution >= 0.6 is 0 Å². The summed E-state index contributed by atoms with van der Waals surface area (Å²) in [4.78, 5) is 32.0. The van der Waals surface area contributed by atoms with Gasteiger partial charge in [0.1, 0.15) is 18.0 Å². The van der Waals surface area contributed by atoms with Gasteiger partial charge in [-0.2, -0.15) is 0 Å². The largest absolute Gasteiger partial charge is 0.258 e. The first-order valence-electron chi connectivity index (χ1n) is 37.2. The third-order valence-corrected chi connectivity index (χ3v) is 12.8. The molecule has 0 spiro atoms. The van der Waals surface area contributed by atoms with Crippen LogP contribution in [-0.4, -0.2) is 39.9 Å². The van der Waals surface area contributed by atoms with Crippen molar-refractivity contribution in [1.82, 2.24) is 39.9 Å². The molecule has 4 aromatic heterocycles. The first-order valence-corrected chi connectivity index (χ1v) is 37.2. The highest BCUT2D eigenvalue weighted by atomic mass is 15.0. The van der Waals surface area contributed by atoms with Crippen molar-refractivity contribution in [3.8, 4) is 0 Å². The van der Waals surface area contributed by atoms with Crippen LogP contribution in [0, 0.1) is 41.5 Å². The van der Waals surface area contributed by atoms with Crippen molar-refractivity contribution >= 4 is 75.8 Å². The van der Waals surface area contributed by atoms with Crippen molar-refractivity contribution in [3.05, 3.63) is 326 Å². The number of benzene rings is 11. The Labute approximate surface area is 618 Å². The number of para-hydroxylation sites is 3. The number of hydrogen-bond acceptors (Lipinski definition) is 8. The van der Waals surface area contributed by atoms with Gasteiger partial charge in [-0.1, -0.05) is 368 Å². The summed E-state index contributed by atoms with van der Waals surface area (Å²) in [6, 6.07) is 87.9. The van der Waals surface area contributed by atoms with E-state index in [1.165, 1.54) is 76.7 Å². The van der Waals surface area contributed by atoms with Gasteiger partial charge in [0.2, 0.25) is 0 Å². The number of nitrogens with zero attached hydrogens (tertiary/aromatic N) is 8. The van der Waals surface area contributed by atoms with Crippen LogP contribution in [0.25, 0.3) is 75.8 Å². The first-order chi connectivity index (χ1) is 50.1. The second-order valence-electron chi connectivity index (χ2n) is 19.2. The van der Waals surface area contributed by atoms with Gasteiger partial charge in [0.15, 0.2) is 0 Å². The Morgan fingerprint density at radius 2 is 0.451 bits per heavy atom. The SMILES string of the molecule is CC.CC.CC.CC.CC.CC.CC.CC.CC.CC.Cc1ccc(C)cc1.Cc1cnc(C)cn1.Cc1ncnc(C)n1.c1ccc2c(c1)ccc1ccccc12.c1ccc2cc3ccccc3cc2c1.c1ccc2ccccc2c1.c1ccc2ncccc2c1.c1ccc2nccnc2c1. The third kappa shape index (κ3) is 38.8. The topological polar surface area (TPSA) is 103 Å². The third-order valence-electron chi connectivity index (χ3n) is 12.8. The predicted molar refractivity (Wildman–Crippen MR) is 458 cm³/mol. The molecule has 542 valence electrons. The van der Waals surface area contributed by atoms with Gasteiger partial charge in [0, 0.05) is 36.4 Å². The molecule has 0 aliphatic carbocycles. The van der Waals surface area contributed by atoms with E-state index in [-0.39, 0.29) is 0 Å². The van der Waals surface area contributed by atoms with Crippen molar-refractivity contribution < 1.29 is 0 Å². The summed E-state index contributed by atoms with van der Waals surface area (Å²) in [5, 5.41) is 14.4. The van der Waals surface area contributed by atoms with Crippen molar-refractivity contribution in [2.75, 3.05) is 0 Å². The number of fused-ring (bicyclic) bond motifs is 8. The van der Waals surface area contributed by atoms with Crippen molar-refractivity contribution in [2.45, 2.75) is 180 Å². The van der Waals surface area contributed by atoms with Crippen LogP contribution in [0.3, 0.4) is 0 Å². The van der Waals surface area contributed by atoms with Gasteiger partial charge in [-0.05, 0) is 132 Å². The second-order valence-corrected chi connectivity index (χ2v) is 19.2. The molecule has 0 saturated carbocycles. The molecular formula is C94H126N8. The van der Waals surface area contributed by atoms with E-state index in [4.69, 9.17) is 0 Å². The molecule has 15 rings (SSSR count). The molecule has 0 aliphatic rings. The lowest BCUT2D eigenvalue weighted by Crippen LogP contribution is -1.91. The molecule has 0 radical (unpaired) electrons. The van der Waals surface area contributed by atoms with Crippen LogP contribution in [0.15, 0.2) is 292 Å². The van der Waals surface area contributed by atoms with Gasteiger partial charge < -0.3 is 0 Å². The fraction of sp³-hybridized carbons (Fsp3) is 0.277. The zero-order chi connectivity index (χ0) is 77.1.